The van der Waals surface area contributed by atoms with E-state index >= 15 is 0 Å². The zero-order valence-corrected chi connectivity index (χ0v) is 21.0. The number of halogens is 1. The van der Waals surface area contributed by atoms with Crippen LogP contribution in [0.5, 0.6) is 11.9 Å². The summed E-state index contributed by atoms with van der Waals surface area (Å²) >= 11 is 6.44. The molecular weight excluding hydrogens is 454 g/mol. The van der Waals surface area contributed by atoms with E-state index in [1.165, 1.54) is 12.0 Å². The van der Waals surface area contributed by atoms with E-state index in [-0.39, 0.29) is 0 Å². The van der Waals surface area contributed by atoms with E-state index < -0.39 is 0 Å². The second kappa shape index (κ2) is 10.2. The van der Waals surface area contributed by atoms with E-state index in [2.05, 4.69) is 39.0 Å². The third-order valence-corrected chi connectivity index (χ3v) is 7.47. The maximum absolute atomic E-state index is 6.44. The van der Waals surface area contributed by atoms with Crippen molar-refractivity contribution in [1.82, 2.24) is 30.1 Å². The monoisotopic (exact) mass is 487 g/mol. The number of likely N-dealkylation sites (N-methyl/N-ethyl adjacent to an activating group) is 1. The topological polar surface area (TPSA) is 78.9 Å². The van der Waals surface area contributed by atoms with Crippen LogP contribution < -0.4 is 19.7 Å². The van der Waals surface area contributed by atoms with Gasteiger partial charge in [-0.05, 0) is 39.4 Å². The molecule has 2 aromatic heterocycles. The molecule has 1 unspecified atom stereocenters. The van der Waals surface area contributed by atoms with Gasteiger partial charge in [-0.25, -0.2) is 4.98 Å². The molecule has 5 rings (SSSR count). The molecule has 2 saturated heterocycles. The molecule has 184 valence electrons. The van der Waals surface area contributed by atoms with Gasteiger partial charge in [0.2, 0.25) is 5.88 Å². The lowest BCUT2D eigenvalue weighted by Gasteiger charge is -2.36. The standard InChI is InChI=1S/C24H34ClN7O2/c1-16-11-26-8-10-32(16)23-18-12-31(14-21-19(25)6-7-22(27-21)33-3)13-20(18)28-24(29-23)34-15-17-5-4-9-30(17)2/h6-7,16-17,26H,4-5,8-15H2,1-3H3/t16?,17-/m0/s1. The van der Waals surface area contributed by atoms with Crippen LogP contribution in [0, 0.1) is 0 Å². The van der Waals surface area contributed by atoms with Crippen LogP contribution in [0.2, 0.25) is 5.02 Å². The van der Waals surface area contributed by atoms with Gasteiger partial charge < -0.3 is 24.6 Å². The molecule has 2 atom stereocenters. The summed E-state index contributed by atoms with van der Waals surface area (Å²) in [6.07, 6.45) is 2.38. The summed E-state index contributed by atoms with van der Waals surface area (Å²) in [5.41, 5.74) is 3.02. The Labute approximate surface area is 206 Å². The number of hydrogen-bond donors (Lipinski definition) is 1. The number of nitrogens with one attached hydrogen (secondary N) is 1. The van der Waals surface area contributed by atoms with Crippen molar-refractivity contribution < 1.29 is 9.47 Å². The van der Waals surface area contributed by atoms with Gasteiger partial charge in [-0.15, -0.1) is 0 Å². The van der Waals surface area contributed by atoms with Crippen molar-refractivity contribution in [2.24, 2.45) is 0 Å². The average Bonchev–Trinajstić information content (AvgIpc) is 3.44. The summed E-state index contributed by atoms with van der Waals surface area (Å²) < 4.78 is 11.5. The summed E-state index contributed by atoms with van der Waals surface area (Å²) in [6, 6.07) is 4.89. The van der Waals surface area contributed by atoms with Gasteiger partial charge in [-0.3, -0.25) is 4.90 Å². The summed E-state index contributed by atoms with van der Waals surface area (Å²) in [7, 11) is 3.78. The number of aromatic nitrogens is 3. The molecule has 3 aliphatic rings. The van der Waals surface area contributed by atoms with Crippen LogP contribution in [-0.4, -0.2) is 83.8 Å². The first-order valence-electron chi connectivity index (χ1n) is 12.1. The summed E-state index contributed by atoms with van der Waals surface area (Å²) in [4.78, 5) is 21.4. The SMILES string of the molecule is COc1ccc(Cl)c(CN2Cc3nc(OC[C@@H]4CCCN4C)nc(N4CCNCC4C)c3C2)n1. The number of hydrogen-bond acceptors (Lipinski definition) is 9. The number of ether oxygens (including phenoxy) is 2. The van der Waals surface area contributed by atoms with Crippen molar-refractivity contribution in [3.63, 3.8) is 0 Å². The van der Waals surface area contributed by atoms with Gasteiger partial charge in [0.1, 0.15) is 12.4 Å². The Hall–Kier alpha value is -2.20. The molecular formula is C24H34ClN7O2. The van der Waals surface area contributed by atoms with Gasteiger partial charge in [-0.1, -0.05) is 11.6 Å². The molecule has 5 heterocycles. The third kappa shape index (κ3) is 4.93. The number of pyridine rings is 1. The number of nitrogens with zero attached hydrogens (tertiary/aromatic N) is 6. The van der Waals surface area contributed by atoms with Gasteiger partial charge in [0.05, 0.1) is 23.5 Å². The third-order valence-electron chi connectivity index (χ3n) is 7.13. The molecule has 0 bridgehead atoms. The Bertz CT molecular complexity index is 1020. The maximum Gasteiger partial charge on any atom is 0.318 e. The number of rotatable bonds is 7. The molecule has 0 spiro atoms. The first-order valence-corrected chi connectivity index (χ1v) is 12.5. The molecule has 2 fully saturated rings. The van der Waals surface area contributed by atoms with Gasteiger partial charge in [0.25, 0.3) is 0 Å². The zero-order valence-electron chi connectivity index (χ0n) is 20.3. The number of fused-ring (bicyclic) bond motifs is 1. The molecule has 0 saturated carbocycles. The van der Waals surface area contributed by atoms with E-state index in [4.69, 9.17) is 31.0 Å². The predicted molar refractivity (Wildman–Crippen MR) is 132 cm³/mol. The van der Waals surface area contributed by atoms with Crippen molar-refractivity contribution in [1.29, 1.82) is 0 Å². The van der Waals surface area contributed by atoms with Crippen molar-refractivity contribution >= 4 is 17.4 Å². The van der Waals surface area contributed by atoms with E-state index in [0.29, 0.717) is 48.7 Å². The lowest BCUT2D eigenvalue weighted by atomic mass is 10.1. The van der Waals surface area contributed by atoms with E-state index in [1.807, 2.05) is 6.07 Å². The summed E-state index contributed by atoms with van der Waals surface area (Å²) in [5, 5.41) is 4.12. The first kappa shape index (κ1) is 23.5. The molecule has 10 heteroatoms. The van der Waals surface area contributed by atoms with Gasteiger partial charge in [-0.2, -0.15) is 9.97 Å². The molecule has 0 amide bonds. The fraction of sp³-hybridized carbons (Fsp3) is 0.625. The van der Waals surface area contributed by atoms with Gasteiger partial charge in [0, 0.05) is 63.0 Å². The van der Waals surface area contributed by atoms with Crippen molar-refractivity contribution in [3.05, 3.63) is 34.1 Å². The lowest BCUT2D eigenvalue weighted by molar-refractivity contribution is 0.187. The van der Waals surface area contributed by atoms with Crippen molar-refractivity contribution in [2.75, 3.05) is 51.8 Å². The summed E-state index contributed by atoms with van der Waals surface area (Å²) in [5.74, 6) is 1.57. The maximum atomic E-state index is 6.44. The first-order chi connectivity index (χ1) is 16.5. The van der Waals surface area contributed by atoms with E-state index in [0.717, 1.165) is 56.4 Å². The van der Waals surface area contributed by atoms with Crippen LogP contribution in [-0.2, 0) is 19.6 Å². The molecule has 0 radical (unpaired) electrons. The Kier molecular flexibility index (Phi) is 7.06. The number of likely N-dealkylation sites (tertiary alicyclic amines) is 1. The highest BCUT2D eigenvalue weighted by molar-refractivity contribution is 6.31. The minimum atomic E-state index is 0.352. The fourth-order valence-corrected chi connectivity index (χ4v) is 5.28. The summed E-state index contributed by atoms with van der Waals surface area (Å²) in [6.45, 7) is 8.86. The Morgan fingerprint density at radius 1 is 1.18 bits per heavy atom. The highest BCUT2D eigenvalue weighted by Crippen LogP contribution is 2.34. The molecule has 9 nitrogen and oxygen atoms in total. The normalized spacial score (nSPS) is 23.4. The second-order valence-electron chi connectivity index (χ2n) is 9.52. The number of methoxy groups -OCH3 is 1. The molecule has 3 aliphatic heterocycles. The van der Waals surface area contributed by atoms with Crippen LogP contribution in [0.25, 0.3) is 0 Å². The average molecular weight is 488 g/mol. The number of piperazine rings is 1. The Morgan fingerprint density at radius 2 is 2.06 bits per heavy atom. The van der Waals surface area contributed by atoms with Crippen LogP contribution in [0.4, 0.5) is 5.82 Å². The second-order valence-corrected chi connectivity index (χ2v) is 9.92. The zero-order chi connectivity index (χ0) is 23.7. The van der Waals surface area contributed by atoms with Gasteiger partial charge >= 0.3 is 6.01 Å². The minimum Gasteiger partial charge on any atom is -0.481 e. The van der Waals surface area contributed by atoms with Crippen LogP contribution in [0.15, 0.2) is 12.1 Å². The highest BCUT2D eigenvalue weighted by Gasteiger charge is 2.31. The van der Waals surface area contributed by atoms with Crippen LogP contribution >= 0.6 is 11.6 Å². The van der Waals surface area contributed by atoms with E-state index in [9.17, 15) is 0 Å². The minimum absolute atomic E-state index is 0.352. The lowest BCUT2D eigenvalue weighted by Crippen LogP contribution is -2.50. The van der Waals surface area contributed by atoms with Crippen molar-refractivity contribution in [2.45, 2.75) is 51.5 Å². The van der Waals surface area contributed by atoms with E-state index in [1.54, 1.807) is 13.2 Å². The van der Waals surface area contributed by atoms with Crippen molar-refractivity contribution in [3.8, 4) is 11.9 Å². The van der Waals surface area contributed by atoms with Gasteiger partial charge in [0.15, 0.2) is 0 Å². The van der Waals surface area contributed by atoms with Crippen LogP contribution in [0.3, 0.4) is 0 Å². The quantitative estimate of drug-likeness (QED) is 0.632. The molecule has 2 aromatic rings. The number of anilines is 1. The Morgan fingerprint density at radius 3 is 2.82 bits per heavy atom. The van der Waals surface area contributed by atoms with Crippen LogP contribution in [0.1, 0.15) is 36.7 Å². The Balaban J connectivity index is 1.39. The molecule has 1 N–H and O–H groups in total. The smallest absolute Gasteiger partial charge is 0.318 e. The molecule has 34 heavy (non-hydrogen) atoms. The predicted octanol–water partition coefficient (Wildman–Crippen LogP) is 2.32. The fourth-order valence-electron chi connectivity index (χ4n) is 5.11. The largest absolute Gasteiger partial charge is 0.481 e. The highest BCUT2D eigenvalue weighted by atomic mass is 35.5. The molecule has 0 aromatic carbocycles. The molecule has 0 aliphatic carbocycles.